The lowest BCUT2D eigenvalue weighted by Crippen LogP contribution is -3.19. The van der Waals surface area contributed by atoms with E-state index in [-0.39, 0.29) is 23.9 Å². The smallest absolute Gasteiger partial charge is 0.278 e. The molecule has 2 amide bonds. The highest BCUT2D eigenvalue weighted by Gasteiger charge is 2.31. The molecular weight excluding hydrogens is 362 g/mol. The van der Waals surface area contributed by atoms with E-state index in [4.69, 9.17) is 0 Å². The number of carbonyl (C=O) groups is 2. The summed E-state index contributed by atoms with van der Waals surface area (Å²) in [6.45, 7) is 7.02. The predicted octanol–water partition coefficient (Wildman–Crippen LogP) is 1.55. The molecule has 0 radical (unpaired) electrons. The molecule has 2 atom stereocenters. The Morgan fingerprint density at radius 3 is 2.17 bits per heavy atom. The average Bonchev–Trinajstić information content (AvgIpc) is 2.78. The third kappa shape index (κ3) is 5.91. The number of rotatable bonds is 7. The number of amides is 2. The summed E-state index contributed by atoms with van der Waals surface area (Å²) in [5.41, 5.74) is 2.03. The van der Waals surface area contributed by atoms with Crippen LogP contribution in [-0.4, -0.2) is 55.0 Å². The molecule has 1 aliphatic rings. The molecule has 0 saturated carbocycles. The van der Waals surface area contributed by atoms with Crippen molar-refractivity contribution in [3.8, 4) is 0 Å². The molecule has 5 heteroatoms. The van der Waals surface area contributed by atoms with E-state index in [1.54, 1.807) is 0 Å². The van der Waals surface area contributed by atoms with E-state index >= 15 is 0 Å². The lowest BCUT2D eigenvalue weighted by atomic mass is 10.1. The third-order valence-corrected chi connectivity index (χ3v) is 5.82. The van der Waals surface area contributed by atoms with Crippen molar-refractivity contribution in [3.05, 3.63) is 71.8 Å². The van der Waals surface area contributed by atoms with Crippen LogP contribution in [0.2, 0.25) is 0 Å². The van der Waals surface area contributed by atoms with Gasteiger partial charge in [-0.3, -0.25) is 9.59 Å². The van der Waals surface area contributed by atoms with Crippen LogP contribution < -0.4 is 10.2 Å². The van der Waals surface area contributed by atoms with E-state index in [9.17, 15) is 9.59 Å². The van der Waals surface area contributed by atoms with Crippen LogP contribution >= 0.6 is 0 Å². The van der Waals surface area contributed by atoms with Gasteiger partial charge in [0.2, 0.25) is 0 Å². The fraction of sp³-hybridized carbons (Fsp3) is 0.417. The molecule has 2 N–H and O–H groups in total. The highest BCUT2D eigenvalue weighted by atomic mass is 16.2. The third-order valence-electron chi connectivity index (χ3n) is 5.82. The first-order chi connectivity index (χ1) is 14.0. The molecule has 2 aromatic rings. The maximum absolute atomic E-state index is 12.7. The van der Waals surface area contributed by atoms with Crippen LogP contribution in [0.3, 0.4) is 0 Å². The maximum atomic E-state index is 12.7. The van der Waals surface area contributed by atoms with E-state index in [1.165, 1.54) is 10.5 Å². The summed E-state index contributed by atoms with van der Waals surface area (Å²) < 4.78 is 0. The molecule has 1 aliphatic heterocycles. The normalized spacial score (nSPS) is 16.8. The highest BCUT2D eigenvalue weighted by Crippen LogP contribution is 2.06. The first kappa shape index (κ1) is 21.1. The maximum Gasteiger partial charge on any atom is 0.278 e. The first-order valence-corrected chi connectivity index (χ1v) is 10.6. The van der Waals surface area contributed by atoms with E-state index in [0.29, 0.717) is 13.1 Å². The number of nitrogens with zero attached hydrogens (tertiary/aromatic N) is 1. The van der Waals surface area contributed by atoms with Crippen molar-refractivity contribution in [3.63, 3.8) is 0 Å². The van der Waals surface area contributed by atoms with Crippen molar-refractivity contribution in [2.75, 3.05) is 26.2 Å². The van der Waals surface area contributed by atoms with E-state index < -0.39 is 0 Å². The van der Waals surface area contributed by atoms with Crippen LogP contribution in [0.5, 0.6) is 0 Å². The zero-order valence-electron chi connectivity index (χ0n) is 17.4. The Kier molecular flexibility index (Phi) is 7.42. The SMILES string of the molecule is C[C@H](CCc1ccccc1)NC(=O)[C@@H](C)[NH+]1CCN(C(=O)c2ccccc2)CC1. The number of benzene rings is 2. The number of aryl methyl sites for hydroxylation is 1. The van der Waals surface area contributed by atoms with Gasteiger partial charge in [-0.15, -0.1) is 0 Å². The summed E-state index contributed by atoms with van der Waals surface area (Å²) >= 11 is 0. The fourth-order valence-corrected chi connectivity index (χ4v) is 3.85. The highest BCUT2D eigenvalue weighted by molar-refractivity contribution is 5.94. The van der Waals surface area contributed by atoms with Crippen molar-refractivity contribution >= 4 is 11.8 Å². The first-order valence-electron chi connectivity index (χ1n) is 10.6. The second-order valence-corrected chi connectivity index (χ2v) is 7.97. The van der Waals surface area contributed by atoms with Crippen LogP contribution in [-0.2, 0) is 11.2 Å². The second-order valence-electron chi connectivity index (χ2n) is 7.97. The van der Waals surface area contributed by atoms with Gasteiger partial charge >= 0.3 is 0 Å². The number of nitrogens with one attached hydrogen (secondary N) is 2. The lowest BCUT2D eigenvalue weighted by molar-refractivity contribution is -0.917. The molecule has 1 fully saturated rings. The Labute approximate surface area is 173 Å². The summed E-state index contributed by atoms with van der Waals surface area (Å²) in [6, 6.07) is 19.8. The van der Waals surface area contributed by atoms with Crippen molar-refractivity contribution in [2.24, 2.45) is 0 Å². The van der Waals surface area contributed by atoms with Crippen molar-refractivity contribution in [2.45, 2.75) is 38.8 Å². The monoisotopic (exact) mass is 394 g/mol. The molecule has 1 heterocycles. The zero-order valence-corrected chi connectivity index (χ0v) is 17.4. The molecule has 0 aromatic heterocycles. The Morgan fingerprint density at radius 2 is 1.55 bits per heavy atom. The van der Waals surface area contributed by atoms with Crippen molar-refractivity contribution in [1.82, 2.24) is 10.2 Å². The number of hydrogen-bond donors (Lipinski definition) is 2. The van der Waals surface area contributed by atoms with E-state index in [1.807, 2.05) is 60.4 Å². The standard InChI is InChI=1S/C24H31N3O2/c1-19(13-14-21-9-5-3-6-10-21)25-23(28)20(2)26-15-17-27(18-16-26)24(29)22-11-7-4-8-12-22/h3-12,19-20H,13-18H2,1-2H3,(H,25,28)/p+1/t19-,20-/m1/s1. The van der Waals surface area contributed by atoms with Gasteiger partial charge in [0.1, 0.15) is 0 Å². The minimum atomic E-state index is -0.108. The van der Waals surface area contributed by atoms with Crippen LogP contribution in [0.1, 0.15) is 36.2 Å². The van der Waals surface area contributed by atoms with Crippen molar-refractivity contribution < 1.29 is 14.5 Å². The second kappa shape index (κ2) is 10.2. The van der Waals surface area contributed by atoms with Gasteiger partial charge in [0, 0.05) is 11.6 Å². The fourth-order valence-electron chi connectivity index (χ4n) is 3.85. The quantitative estimate of drug-likeness (QED) is 0.749. The molecule has 5 nitrogen and oxygen atoms in total. The van der Waals surface area contributed by atoms with Gasteiger partial charge in [-0.25, -0.2) is 0 Å². The number of hydrogen-bond acceptors (Lipinski definition) is 2. The molecule has 3 rings (SSSR count). The molecular formula is C24H32N3O2+. The van der Waals surface area contributed by atoms with Gasteiger partial charge in [-0.05, 0) is 44.4 Å². The summed E-state index contributed by atoms with van der Waals surface area (Å²) in [4.78, 5) is 28.4. The Bertz CT molecular complexity index is 786. The zero-order chi connectivity index (χ0) is 20.6. The average molecular weight is 395 g/mol. The van der Waals surface area contributed by atoms with Crippen LogP contribution in [0.15, 0.2) is 60.7 Å². The Morgan fingerprint density at radius 1 is 0.966 bits per heavy atom. The number of piperazine rings is 1. The van der Waals surface area contributed by atoms with E-state index in [2.05, 4.69) is 24.4 Å². The molecule has 0 spiro atoms. The topological polar surface area (TPSA) is 53.9 Å². The molecule has 0 unspecified atom stereocenters. The minimum absolute atomic E-state index is 0.0799. The minimum Gasteiger partial charge on any atom is -0.348 e. The largest absolute Gasteiger partial charge is 0.348 e. The molecule has 0 aliphatic carbocycles. The Balaban J connectivity index is 1.43. The van der Waals surface area contributed by atoms with Gasteiger partial charge in [-0.1, -0.05) is 48.5 Å². The van der Waals surface area contributed by atoms with Gasteiger partial charge < -0.3 is 15.1 Å². The van der Waals surface area contributed by atoms with Gasteiger partial charge in [0.05, 0.1) is 26.2 Å². The van der Waals surface area contributed by atoms with Gasteiger partial charge in [-0.2, -0.15) is 0 Å². The van der Waals surface area contributed by atoms with Crippen LogP contribution in [0.25, 0.3) is 0 Å². The summed E-state index contributed by atoms with van der Waals surface area (Å²) in [7, 11) is 0. The molecule has 154 valence electrons. The number of quaternary nitrogens is 1. The molecule has 29 heavy (non-hydrogen) atoms. The predicted molar refractivity (Wildman–Crippen MR) is 115 cm³/mol. The molecule has 2 aromatic carbocycles. The number of carbonyl (C=O) groups excluding carboxylic acids is 2. The van der Waals surface area contributed by atoms with Gasteiger partial charge in [0.15, 0.2) is 6.04 Å². The summed E-state index contributed by atoms with van der Waals surface area (Å²) in [5, 5.41) is 3.17. The Hall–Kier alpha value is -2.66. The lowest BCUT2D eigenvalue weighted by Gasteiger charge is -2.35. The molecule has 1 saturated heterocycles. The van der Waals surface area contributed by atoms with Gasteiger partial charge in [0.25, 0.3) is 11.8 Å². The van der Waals surface area contributed by atoms with Crippen LogP contribution in [0.4, 0.5) is 0 Å². The van der Waals surface area contributed by atoms with Crippen molar-refractivity contribution in [1.29, 1.82) is 0 Å². The summed E-state index contributed by atoms with van der Waals surface area (Å²) in [6.07, 6.45) is 1.89. The molecule has 0 bridgehead atoms. The van der Waals surface area contributed by atoms with Crippen LogP contribution in [0, 0.1) is 0 Å². The summed E-state index contributed by atoms with van der Waals surface area (Å²) in [5.74, 6) is 0.180. The van der Waals surface area contributed by atoms with E-state index in [0.717, 1.165) is 31.5 Å².